The molecule has 20 heavy (non-hydrogen) atoms. The highest BCUT2D eigenvalue weighted by Gasteiger charge is 2.52. The molecule has 4 bridgehead atoms. The fourth-order valence-electron chi connectivity index (χ4n) is 5.37. The molecule has 0 atom stereocenters. The van der Waals surface area contributed by atoms with Crippen LogP contribution >= 0.6 is 11.3 Å². The molecule has 104 valence electrons. The summed E-state index contributed by atoms with van der Waals surface area (Å²) in [7, 11) is 0. The number of allylic oxidation sites excluding steroid dienone is 2. The molecular weight excluding hydrogens is 264 g/mol. The lowest BCUT2D eigenvalue weighted by molar-refractivity contribution is -0.0307. The molecule has 4 aliphatic carbocycles. The highest BCUT2D eigenvalue weighted by molar-refractivity contribution is 7.11. The average molecular weight is 284 g/mol. The molecule has 2 N–H and O–H groups in total. The van der Waals surface area contributed by atoms with Gasteiger partial charge in [-0.15, -0.1) is 11.3 Å². The molecule has 4 saturated carbocycles. The lowest BCUT2D eigenvalue weighted by Crippen LogP contribution is -2.48. The first-order valence-electron chi connectivity index (χ1n) is 7.64. The number of nitrogens with two attached hydrogens (primary N) is 1. The van der Waals surface area contributed by atoms with Gasteiger partial charge >= 0.3 is 0 Å². The summed E-state index contributed by atoms with van der Waals surface area (Å²) < 4.78 is 0. The van der Waals surface area contributed by atoms with Gasteiger partial charge < -0.3 is 5.73 Å². The lowest BCUT2D eigenvalue weighted by atomic mass is 9.48. The summed E-state index contributed by atoms with van der Waals surface area (Å²) in [5.41, 5.74) is 8.38. The van der Waals surface area contributed by atoms with Crippen molar-refractivity contribution in [2.75, 3.05) is 0 Å². The largest absolute Gasteiger partial charge is 0.400 e. The summed E-state index contributed by atoms with van der Waals surface area (Å²) >= 11 is 1.63. The maximum Gasteiger partial charge on any atom is 0.102 e. The molecule has 2 nitrogen and oxygen atoms in total. The van der Waals surface area contributed by atoms with Crippen LogP contribution in [0.5, 0.6) is 0 Å². The first-order chi connectivity index (χ1) is 9.70. The van der Waals surface area contributed by atoms with Gasteiger partial charge in [0.15, 0.2) is 0 Å². The number of rotatable bonds is 2. The van der Waals surface area contributed by atoms with Gasteiger partial charge in [-0.25, -0.2) is 0 Å². The Bertz CT molecular complexity index is 556. The summed E-state index contributed by atoms with van der Waals surface area (Å²) in [5, 5.41) is 11.6. The van der Waals surface area contributed by atoms with Crippen molar-refractivity contribution in [1.82, 2.24) is 0 Å². The monoisotopic (exact) mass is 284 g/mol. The van der Waals surface area contributed by atoms with Crippen LogP contribution in [0.2, 0.25) is 0 Å². The van der Waals surface area contributed by atoms with E-state index in [4.69, 9.17) is 5.73 Å². The van der Waals surface area contributed by atoms with E-state index in [1.807, 2.05) is 17.5 Å². The molecule has 5 rings (SSSR count). The van der Waals surface area contributed by atoms with E-state index in [-0.39, 0.29) is 5.41 Å². The molecule has 0 aromatic carbocycles. The Kier molecular flexibility index (Phi) is 2.72. The third-order valence-electron chi connectivity index (χ3n) is 5.76. The highest BCUT2D eigenvalue weighted by atomic mass is 32.1. The number of thiophene rings is 1. The van der Waals surface area contributed by atoms with Crippen molar-refractivity contribution in [2.24, 2.45) is 28.9 Å². The van der Waals surface area contributed by atoms with E-state index in [1.54, 1.807) is 11.3 Å². The van der Waals surface area contributed by atoms with Crippen LogP contribution in [-0.2, 0) is 0 Å². The molecule has 0 aliphatic heterocycles. The summed E-state index contributed by atoms with van der Waals surface area (Å²) in [6.45, 7) is 0. The zero-order valence-corrected chi connectivity index (χ0v) is 12.5. The van der Waals surface area contributed by atoms with Gasteiger partial charge in [0.25, 0.3) is 0 Å². The summed E-state index contributed by atoms with van der Waals surface area (Å²) in [6, 6.07) is 6.42. The SMILES string of the molecule is N#C/C(=C(/N)C12CC3CC(CC(C3)C1)C2)c1cccs1. The quantitative estimate of drug-likeness (QED) is 0.829. The Morgan fingerprint density at radius 1 is 1.20 bits per heavy atom. The van der Waals surface area contributed by atoms with Gasteiger partial charge in [-0.1, -0.05) is 6.07 Å². The van der Waals surface area contributed by atoms with Gasteiger partial charge in [0.05, 0.1) is 5.57 Å². The van der Waals surface area contributed by atoms with Crippen LogP contribution in [0.3, 0.4) is 0 Å². The van der Waals surface area contributed by atoms with Gasteiger partial charge in [0.2, 0.25) is 0 Å². The Balaban J connectivity index is 1.78. The molecule has 0 unspecified atom stereocenters. The van der Waals surface area contributed by atoms with Crippen LogP contribution in [0.15, 0.2) is 23.2 Å². The molecule has 1 aromatic rings. The van der Waals surface area contributed by atoms with Gasteiger partial charge in [-0.2, -0.15) is 5.26 Å². The third-order valence-corrected chi connectivity index (χ3v) is 6.65. The molecule has 3 heteroatoms. The predicted octanol–water partition coefficient (Wildman–Crippen LogP) is 4.16. The van der Waals surface area contributed by atoms with Crippen LogP contribution in [-0.4, -0.2) is 0 Å². The molecule has 4 fully saturated rings. The molecule has 0 spiro atoms. The van der Waals surface area contributed by atoms with Crippen LogP contribution in [0, 0.1) is 34.5 Å². The third kappa shape index (κ3) is 1.74. The minimum absolute atomic E-state index is 0.143. The van der Waals surface area contributed by atoms with E-state index in [0.29, 0.717) is 0 Å². The Labute approximate surface area is 124 Å². The second kappa shape index (κ2) is 4.36. The maximum absolute atomic E-state index is 9.59. The zero-order chi connectivity index (χ0) is 13.7. The van der Waals surface area contributed by atoms with Crippen molar-refractivity contribution < 1.29 is 0 Å². The Morgan fingerprint density at radius 3 is 2.25 bits per heavy atom. The standard InChI is InChI=1S/C17H20N2S/c18-10-14(15-2-1-3-20-15)16(19)17-7-11-4-12(8-17)6-13(5-11)9-17/h1-3,11-13H,4-9,19H2/b16-14-. The fraction of sp³-hybridized carbons (Fsp3) is 0.588. The molecular formula is C17H20N2S. The van der Waals surface area contributed by atoms with Gasteiger partial charge in [0, 0.05) is 16.0 Å². The molecule has 1 aromatic heterocycles. The van der Waals surface area contributed by atoms with Crippen molar-refractivity contribution in [3.05, 3.63) is 28.1 Å². The van der Waals surface area contributed by atoms with E-state index in [9.17, 15) is 5.26 Å². The molecule has 0 radical (unpaired) electrons. The second-order valence-electron chi connectivity index (χ2n) is 7.08. The number of hydrogen-bond donors (Lipinski definition) is 1. The van der Waals surface area contributed by atoms with Crippen molar-refractivity contribution in [3.63, 3.8) is 0 Å². The second-order valence-corrected chi connectivity index (χ2v) is 8.02. The average Bonchev–Trinajstić information content (AvgIpc) is 2.92. The van der Waals surface area contributed by atoms with Gasteiger partial charge in [-0.05, 0) is 67.7 Å². The first kappa shape index (κ1) is 12.5. The van der Waals surface area contributed by atoms with Crippen molar-refractivity contribution in [1.29, 1.82) is 5.26 Å². The maximum atomic E-state index is 9.59. The van der Waals surface area contributed by atoms with E-state index in [0.717, 1.165) is 33.9 Å². The smallest absolute Gasteiger partial charge is 0.102 e. The van der Waals surface area contributed by atoms with Crippen LogP contribution in [0.1, 0.15) is 43.4 Å². The van der Waals surface area contributed by atoms with E-state index in [1.165, 1.54) is 38.5 Å². The fourth-order valence-corrected chi connectivity index (χ4v) is 6.11. The summed E-state index contributed by atoms with van der Waals surface area (Å²) in [6.07, 6.45) is 7.90. The van der Waals surface area contributed by atoms with Crippen molar-refractivity contribution in [2.45, 2.75) is 38.5 Å². The predicted molar refractivity (Wildman–Crippen MR) is 81.6 cm³/mol. The minimum atomic E-state index is 0.143. The topological polar surface area (TPSA) is 49.8 Å². The minimum Gasteiger partial charge on any atom is -0.400 e. The van der Waals surface area contributed by atoms with Crippen LogP contribution in [0.4, 0.5) is 0 Å². The Morgan fingerprint density at radius 2 is 1.80 bits per heavy atom. The van der Waals surface area contributed by atoms with Crippen molar-refractivity contribution in [3.8, 4) is 6.07 Å². The van der Waals surface area contributed by atoms with E-state index < -0.39 is 0 Å². The zero-order valence-electron chi connectivity index (χ0n) is 11.6. The summed E-state index contributed by atoms with van der Waals surface area (Å²) in [5.74, 6) is 2.59. The van der Waals surface area contributed by atoms with Crippen LogP contribution < -0.4 is 5.73 Å². The molecule has 4 aliphatic rings. The lowest BCUT2D eigenvalue weighted by Gasteiger charge is -2.57. The van der Waals surface area contributed by atoms with E-state index in [2.05, 4.69) is 6.07 Å². The number of nitrogens with zero attached hydrogens (tertiary/aromatic N) is 1. The van der Waals surface area contributed by atoms with Crippen molar-refractivity contribution >= 4 is 16.9 Å². The molecule has 1 heterocycles. The van der Waals surface area contributed by atoms with Crippen LogP contribution in [0.25, 0.3) is 5.57 Å². The summed E-state index contributed by atoms with van der Waals surface area (Å²) in [4.78, 5) is 1.04. The number of hydrogen-bond acceptors (Lipinski definition) is 3. The molecule has 0 saturated heterocycles. The molecule has 0 amide bonds. The van der Waals surface area contributed by atoms with Gasteiger partial charge in [0.1, 0.15) is 6.07 Å². The normalized spacial score (nSPS) is 39.5. The number of nitriles is 1. The first-order valence-corrected chi connectivity index (χ1v) is 8.52. The Hall–Kier alpha value is -1.27. The van der Waals surface area contributed by atoms with Gasteiger partial charge in [-0.3, -0.25) is 0 Å². The highest BCUT2D eigenvalue weighted by Crippen LogP contribution is 2.62. The van der Waals surface area contributed by atoms with E-state index >= 15 is 0 Å².